The largest absolute Gasteiger partial charge is 0.435 e. The van der Waals surface area contributed by atoms with Gasteiger partial charge in [0.15, 0.2) is 0 Å². The molecule has 1 N–H and O–H groups in total. The fourth-order valence-corrected chi connectivity index (χ4v) is 3.87. The van der Waals surface area contributed by atoms with Crippen LogP contribution in [0.25, 0.3) is 0 Å². The second-order valence-corrected chi connectivity index (χ2v) is 7.58. The van der Waals surface area contributed by atoms with E-state index in [1.54, 1.807) is 30.3 Å². The Morgan fingerprint density at radius 2 is 1.36 bits per heavy atom. The van der Waals surface area contributed by atoms with Gasteiger partial charge in [-0.1, -0.05) is 42.5 Å². The SMILES string of the molecule is O=S(=O)(N[C@@H](c1ccccc1)c1ccc(OC(F)F)cc1)c1ccc(F)cc1. The summed E-state index contributed by atoms with van der Waals surface area (Å²) in [6.45, 7) is -2.95. The van der Waals surface area contributed by atoms with Crippen molar-refractivity contribution in [2.24, 2.45) is 0 Å². The maximum Gasteiger partial charge on any atom is 0.387 e. The maximum atomic E-state index is 13.1. The van der Waals surface area contributed by atoms with Crippen LogP contribution in [0, 0.1) is 5.82 Å². The number of nitrogens with one attached hydrogen (secondary N) is 1. The quantitative estimate of drug-likeness (QED) is 0.628. The number of rotatable bonds is 7. The lowest BCUT2D eigenvalue weighted by Crippen LogP contribution is -2.29. The second-order valence-electron chi connectivity index (χ2n) is 5.87. The zero-order valence-corrected chi connectivity index (χ0v) is 15.2. The summed E-state index contributed by atoms with van der Waals surface area (Å²) in [6, 6.07) is 18.1. The molecule has 0 heterocycles. The summed E-state index contributed by atoms with van der Waals surface area (Å²) < 4.78 is 70.2. The molecule has 4 nitrogen and oxygen atoms in total. The van der Waals surface area contributed by atoms with Crippen LogP contribution >= 0.6 is 0 Å². The summed E-state index contributed by atoms with van der Waals surface area (Å²) >= 11 is 0. The molecule has 0 aliphatic rings. The standard InChI is InChI=1S/C20H16F3NO3S/c21-16-8-12-18(13-9-16)28(25,26)24-19(14-4-2-1-3-5-14)15-6-10-17(11-7-15)27-20(22)23/h1-13,19-20,24H/t19-/m0/s1. The lowest BCUT2D eigenvalue weighted by atomic mass is 10.00. The van der Waals surface area contributed by atoms with E-state index in [0.717, 1.165) is 12.1 Å². The molecule has 0 spiro atoms. The Hall–Kier alpha value is -2.84. The number of sulfonamides is 1. The van der Waals surface area contributed by atoms with Crippen molar-refractivity contribution in [2.75, 3.05) is 0 Å². The maximum absolute atomic E-state index is 13.1. The molecule has 0 amide bonds. The van der Waals surface area contributed by atoms with Gasteiger partial charge in [-0.15, -0.1) is 0 Å². The highest BCUT2D eigenvalue weighted by atomic mass is 32.2. The van der Waals surface area contributed by atoms with Gasteiger partial charge >= 0.3 is 6.61 Å². The minimum Gasteiger partial charge on any atom is -0.435 e. The van der Waals surface area contributed by atoms with Crippen molar-refractivity contribution in [3.8, 4) is 5.75 Å². The molecule has 0 fully saturated rings. The van der Waals surface area contributed by atoms with E-state index >= 15 is 0 Å². The summed E-state index contributed by atoms with van der Waals surface area (Å²) in [7, 11) is -3.97. The molecule has 0 aliphatic heterocycles. The highest BCUT2D eigenvalue weighted by Crippen LogP contribution is 2.27. The molecule has 3 aromatic rings. The van der Waals surface area contributed by atoms with Gasteiger partial charge < -0.3 is 4.74 Å². The molecule has 0 saturated carbocycles. The number of halogens is 3. The molecule has 0 bridgehead atoms. The molecule has 0 aromatic heterocycles. The first-order chi connectivity index (χ1) is 13.3. The van der Waals surface area contributed by atoms with Crippen LogP contribution in [0.4, 0.5) is 13.2 Å². The summed E-state index contributed by atoms with van der Waals surface area (Å²) in [4.78, 5) is -0.0903. The Morgan fingerprint density at radius 1 is 0.786 bits per heavy atom. The summed E-state index contributed by atoms with van der Waals surface area (Å²) in [5.41, 5.74) is 1.18. The molecule has 0 saturated heterocycles. The van der Waals surface area contributed by atoms with Gasteiger partial charge in [-0.25, -0.2) is 12.8 Å². The predicted octanol–water partition coefficient (Wildman–Crippen LogP) is 4.50. The molecule has 0 radical (unpaired) electrons. The van der Waals surface area contributed by atoms with Gasteiger partial charge in [0, 0.05) is 0 Å². The molecular formula is C20H16F3NO3S. The molecule has 1 atom stereocenters. The van der Waals surface area contributed by atoms with Gasteiger partial charge in [-0.2, -0.15) is 13.5 Å². The molecule has 0 unspecified atom stereocenters. The molecule has 3 aromatic carbocycles. The van der Waals surface area contributed by atoms with Gasteiger partial charge in [0.2, 0.25) is 10.0 Å². The lowest BCUT2D eigenvalue weighted by Gasteiger charge is -2.20. The summed E-state index contributed by atoms with van der Waals surface area (Å²) in [5, 5.41) is 0. The first-order valence-electron chi connectivity index (χ1n) is 8.23. The number of alkyl halides is 2. The van der Waals surface area contributed by atoms with Crippen LogP contribution in [-0.4, -0.2) is 15.0 Å². The fraction of sp³-hybridized carbons (Fsp3) is 0.100. The first kappa shape index (κ1) is 19.9. The summed E-state index contributed by atoms with van der Waals surface area (Å²) in [5.74, 6) is -0.583. The minimum atomic E-state index is -3.97. The fourth-order valence-electron chi connectivity index (χ4n) is 2.65. The summed E-state index contributed by atoms with van der Waals surface area (Å²) in [6.07, 6.45) is 0. The van der Waals surface area contributed by atoms with E-state index in [1.807, 2.05) is 0 Å². The monoisotopic (exact) mass is 407 g/mol. The average molecular weight is 407 g/mol. The highest BCUT2D eigenvalue weighted by molar-refractivity contribution is 7.89. The minimum absolute atomic E-state index is 0.0352. The molecule has 0 aliphatic carbocycles. The van der Waals surface area contributed by atoms with Crippen molar-refractivity contribution >= 4 is 10.0 Å². The lowest BCUT2D eigenvalue weighted by molar-refractivity contribution is -0.0498. The smallest absolute Gasteiger partial charge is 0.387 e. The van der Waals surface area contributed by atoms with Crippen LogP contribution in [0.1, 0.15) is 17.2 Å². The van der Waals surface area contributed by atoms with Gasteiger partial charge in [0.1, 0.15) is 11.6 Å². The van der Waals surface area contributed by atoms with Crippen LogP contribution in [0.5, 0.6) is 5.75 Å². The van der Waals surface area contributed by atoms with Crippen molar-refractivity contribution in [3.63, 3.8) is 0 Å². The van der Waals surface area contributed by atoms with Crippen molar-refractivity contribution in [2.45, 2.75) is 17.5 Å². The van der Waals surface area contributed by atoms with Crippen molar-refractivity contribution in [3.05, 3.63) is 95.8 Å². The zero-order valence-electron chi connectivity index (χ0n) is 14.4. The second kappa shape index (κ2) is 8.45. The topological polar surface area (TPSA) is 55.4 Å². The third kappa shape index (κ3) is 4.90. The predicted molar refractivity (Wildman–Crippen MR) is 98.1 cm³/mol. The average Bonchev–Trinajstić information content (AvgIpc) is 2.67. The molecular weight excluding hydrogens is 391 g/mol. The molecule has 146 valence electrons. The Kier molecular flexibility index (Phi) is 6.01. The zero-order chi connectivity index (χ0) is 20.1. The third-order valence-electron chi connectivity index (χ3n) is 3.97. The Labute approximate surface area is 160 Å². The van der Waals surface area contributed by atoms with E-state index in [4.69, 9.17) is 0 Å². The Bertz CT molecular complexity index is 1010. The molecule has 28 heavy (non-hydrogen) atoms. The molecule has 8 heteroatoms. The first-order valence-corrected chi connectivity index (χ1v) is 9.71. The third-order valence-corrected chi connectivity index (χ3v) is 5.41. The van der Waals surface area contributed by atoms with E-state index < -0.39 is 28.5 Å². The Morgan fingerprint density at radius 3 is 1.93 bits per heavy atom. The van der Waals surface area contributed by atoms with E-state index in [0.29, 0.717) is 11.1 Å². The Balaban J connectivity index is 1.95. The van der Waals surface area contributed by atoms with Gasteiger partial charge in [-0.3, -0.25) is 0 Å². The van der Waals surface area contributed by atoms with Crippen LogP contribution in [0.2, 0.25) is 0 Å². The number of hydrogen-bond donors (Lipinski definition) is 1. The van der Waals surface area contributed by atoms with E-state index in [9.17, 15) is 21.6 Å². The van der Waals surface area contributed by atoms with Crippen LogP contribution in [0.3, 0.4) is 0 Å². The van der Waals surface area contributed by atoms with Crippen molar-refractivity contribution < 1.29 is 26.3 Å². The van der Waals surface area contributed by atoms with Crippen LogP contribution in [0.15, 0.2) is 83.8 Å². The number of hydrogen-bond acceptors (Lipinski definition) is 3. The van der Waals surface area contributed by atoms with E-state index in [2.05, 4.69) is 9.46 Å². The van der Waals surface area contributed by atoms with E-state index in [-0.39, 0.29) is 10.6 Å². The molecule has 3 rings (SSSR count). The van der Waals surface area contributed by atoms with Crippen LogP contribution < -0.4 is 9.46 Å². The van der Waals surface area contributed by atoms with Gasteiger partial charge in [0.25, 0.3) is 0 Å². The van der Waals surface area contributed by atoms with Crippen molar-refractivity contribution in [1.29, 1.82) is 0 Å². The van der Waals surface area contributed by atoms with Crippen LogP contribution in [-0.2, 0) is 10.0 Å². The van der Waals surface area contributed by atoms with Gasteiger partial charge in [-0.05, 0) is 47.5 Å². The van der Waals surface area contributed by atoms with Gasteiger partial charge in [0.05, 0.1) is 10.9 Å². The highest BCUT2D eigenvalue weighted by Gasteiger charge is 2.23. The normalized spacial score (nSPS) is 12.7. The van der Waals surface area contributed by atoms with E-state index in [1.165, 1.54) is 36.4 Å². The van der Waals surface area contributed by atoms with Crippen molar-refractivity contribution in [1.82, 2.24) is 4.72 Å². The number of ether oxygens (including phenoxy) is 1. The number of benzene rings is 3.